The molecule has 1 saturated heterocycles. The van der Waals surface area contributed by atoms with Crippen LogP contribution in [0.1, 0.15) is 18.4 Å². The van der Waals surface area contributed by atoms with Crippen molar-refractivity contribution in [1.82, 2.24) is 9.80 Å². The minimum absolute atomic E-state index is 0.0384. The Hall–Kier alpha value is -2.57. The normalized spacial score (nSPS) is 22.1. The zero-order chi connectivity index (χ0) is 18.7. The van der Waals surface area contributed by atoms with Crippen molar-refractivity contribution in [3.05, 3.63) is 29.8 Å². The highest BCUT2D eigenvalue weighted by Crippen LogP contribution is 2.27. The Morgan fingerprint density at radius 1 is 1.27 bits per heavy atom. The van der Waals surface area contributed by atoms with E-state index in [9.17, 15) is 14.4 Å². The average molecular weight is 360 g/mol. The first-order chi connectivity index (χ1) is 12.5. The van der Waals surface area contributed by atoms with Gasteiger partial charge in [0.05, 0.1) is 18.4 Å². The van der Waals surface area contributed by atoms with Crippen LogP contribution in [0.3, 0.4) is 0 Å². The lowest BCUT2D eigenvalue weighted by Crippen LogP contribution is -2.48. The maximum atomic E-state index is 12.7. The second-order valence-corrected chi connectivity index (χ2v) is 7.03. The average Bonchev–Trinajstić information content (AvgIpc) is 2.67. The van der Waals surface area contributed by atoms with Gasteiger partial charge in [-0.05, 0) is 30.9 Å². The van der Waals surface area contributed by atoms with Crippen LogP contribution in [0.15, 0.2) is 24.3 Å². The number of amides is 2. The van der Waals surface area contributed by atoms with Gasteiger partial charge in [-0.2, -0.15) is 0 Å². The monoisotopic (exact) mass is 360 g/mol. The van der Waals surface area contributed by atoms with Crippen LogP contribution in [0.4, 0.5) is 0 Å². The molecule has 7 nitrogen and oxygen atoms in total. The van der Waals surface area contributed by atoms with Crippen molar-refractivity contribution >= 4 is 17.8 Å². The summed E-state index contributed by atoms with van der Waals surface area (Å²) in [5.74, 6) is -1.22. The van der Waals surface area contributed by atoms with Crippen molar-refractivity contribution in [3.63, 3.8) is 0 Å². The van der Waals surface area contributed by atoms with Gasteiger partial charge in [-0.1, -0.05) is 18.2 Å². The van der Waals surface area contributed by atoms with E-state index in [2.05, 4.69) is 0 Å². The number of carbonyl (C=O) groups is 3. The van der Waals surface area contributed by atoms with Gasteiger partial charge in [0.25, 0.3) is 0 Å². The Balaban J connectivity index is 1.56. The molecular formula is C19H24N2O5. The summed E-state index contributed by atoms with van der Waals surface area (Å²) in [5.41, 5.74) is 0.997. The molecule has 0 radical (unpaired) electrons. The highest BCUT2D eigenvalue weighted by atomic mass is 16.5. The predicted molar refractivity (Wildman–Crippen MR) is 93.7 cm³/mol. The van der Waals surface area contributed by atoms with Crippen LogP contribution in [-0.4, -0.2) is 66.0 Å². The maximum absolute atomic E-state index is 12.7. The Kier molecular flexibility index (Phi) is 5.44. The first-order valence-corrected chi connectivity index (χ1v) is 8.92. The fourth-order valence-corrected chi connectivity index (χ4v) is 3.58. The first-order valence-electron chi connectivity index (χ1n) is 8.92. The lowest BCUT2D eigenvalue weighted by Gasteiger charge is -2.33. The molecule has 140 valence electrons. The summed E-state index contributed by atoms with van der Waals surface area (Å²) in [7, 11) is 1.61. The second kappa shape index (κ2) is 7.76. The van der Waals surface area contributed by atoms with Crippen LogP contribution in [0.2, 0.25) is 0 Å². The Labute approximate surface area is 152 Å². The number of piperidine rings is 1. The standard InChI is InChI=1S/C19H24N2O5/c1-20(11-17(22)21-8-4-6-14(10-21)19(24)25)18(23)15-9-13-5-2-3-7-16(13)26-12-15/h2-3,5,7,14-15H,4,6,8-12H2,1H3,(H,24,25). The number of likely N-dealkylation sites (tertiary alicyclic amines) is 1. The molecule has 2 aliphatic rings. The number of carboxylic acids is 1. The third-order valence-corrected chi connectivity index (χ3v) is 5.10. The quantitative estimate of drug-likeness (QED) is 0.866. The number of ether oxygens (including phenoxy) is 1. The van der Waals surface area contributed by atoms with Gasteiger partial charge in [-0.15, -0.1) is 0 Å². The molecule has 0 aromatic heterocycles. The van der Waals surface area contributed by atoms with Gasteiger partial charge in [0.1, 0.15) is 12.4 Å². The molecule has 1 aromatic rings. The van der Waals surface area contributed by atoms with E-state index in [4.69, 9.17) is 9.84 Å². The molecule has 2 heterocycles. The number of carboxylic acid groups (broad SMARTS) is 1. The summed E-state index contributed by atoms with van der Waals surface area (Å²) in [6.45, 7) is 1.03. The SMILES string of the molecule is CN(CC(=O)N1CCCC(C(=O)O)C1)C(=O)C1COc2ccccc2C1. The summed E-state index contributed by atoms with van der Waals surface area (Å²) < 4.78 is 5.66. The fourth-order valence-electron chi connectivity index (χ4n) is 3.58. The Bertz CT molecular complexity index is 705. The van der Waals surface area contributed by atoms with E-state index in [1.165, 1.54) is 4.90 Å². The van der Waals surface area contributed by atoms with Crippen molar-refractivity contribution in [2.75, 3.05) is 33.3 Å². The highest BCUT2D eigenvalue weighted by molar-refractivity contribution is 5.86. The molecule has 2 atom stereocenters. The summed E-state index contributed by atoms with van der Waals surface area (Å²) in [6.07, 6.45) is 1.86. The highest BCUT2D eigenvalue weighted by Gasteiger charge is 2.32. The maximum Gasteiger partial charge on any atom is 0.308 e. The van der Waals surface area contributed by atoms with Crippen LogP contribution in [0.5, 0.6) is 5.75 Å². The van der Waals surface area contributed by atoms with Crippen molar-refractivity contribution in [2.24, 2.45) is 11.8 Å². The van der Waals surface area contributed by atoms with Gasteiger partial charge in [-0.3, -0.25) is 14.4 Å². The minimum Gasteiger partial charge on any atom is -0.492 e. The van der Waals surface area contributed by atoms with Crippen molar-refractivity contribution in [2.45, 2.75) is 19.3 Å². The van der Waals surface area contributed by atoms with Crippen molar-refractivity contribution < 1.29 is 24.2 Å². The van der Waals surface area contributed by atoms with E-state index in [1.54, 1.807) is 11.9 Å². The molecule has 1 N–H and O–H groups in total. The van der Waals surface area contributed by atoms with E-state index in [0.29, 0.717) is 32.4 Å². The number of hydrogen-bond acceptors (Lipinski definition) is 4. The van der Waals surface area contributed by atoms with Gasteiger partial charge < -0.3 is 19.6 Å². The number of carbonyl (C=O) groups excluding carboxylic acids is 2. The third-order valence-electron chi connectivity index (χ3n) is 5.10. The van der Waals surface area contributed by atoms with Crippen LogP contribution in [0.25, 0.3) is 0 Å². The van der Waals surface area contributed by atoms with Crippen LogP contribution in [-0.2, 0) is 20.8 Å². The molecule has 3 rings (SSSR count). The third kappa shape index (κ3) is 3.98. The fraction of sp³-hybridized carbons (Fsp3) is 0.526. The zero-order valence-corrected chi connectivity index (χ0v) is 14.9. The van der Waals surface area contributed by atoms with E-state index < -0.39 is 11.9 Å². The molecule has 2 amide bonds. The van der Waals surface area contributed by atoms with E-state index in [1.807, 2.05) is 24.3 Å². The number of para-hydroxylation sites is 1. The van der Waals surface area contributed by atoms with E-state index >= 15 is 0 Å². The second-order valence-electron chi connectivity index (χ2n) is 7.03. The number of fused-ring (bicyclic) bond motifs is 1. The van der Waals surface area contributed by atoms with Gasteiger partial charge in [0.15, 0.2) is 0 Å². The summed E-state index contributed by atoms with van der Waals surface area (Å²) in [4.78, 5) is 39.3. The smallest absolute Gasteiger partial charge is 0.308 e. The lowest BCUT2D eigenvalue weighted by molar-refractivity contribution is -0.148. The molecule has 26 heavy (non-hydrogen) atoms. The number of nitrogens with zero attached hydrogens (tertiary/aromatic N) is 2. The van der Waals surface area contributed by atoms with Gasteiger partial charge in [-0.25, -0.2) is 0 Å². The summed E-state index contributed by atoms with van der Waals surface area (Å²) >= 11 is 0. The molecule has 0 spiro atoms. The number of likely N-dealkylation sites (N-methyl/N-ethyl adjacent to an activating group) is 1. The molecular weight excluding hydrogens is 336 g/mol. The van der Waals surface area contributed by atoms with E-state index in [-0.39, 0.29) is 30.8 Å². The summed E-state index contributed by atoms with van der Waals surface area (Å²) in [6, 6.07) is 7.64. The Morgan fingerprint density at radius 2 is 2.04 bits per heavy atom. The van der Waals surface area contributed by atoms with Gasteiger partial charge >= 0.3 is 5.97 Å². The molecule has 7 heteroatoms. The zero-order valence-electron chi connectivity index (χ0n) is 14.9. The van der Waals surface area contributed by atoms with Crippen molar-refractivity contribution in [1.29, 1.82) is 0 Å². The number of hydrogen-bond donors (Lipinski definition) is 1. The van der Waals surface area contributed by atoms with Crippen molar-refractivity contribution in [3.8, 4) is 5.75 Å². The largest absolute Gasteiger partial charge is 0.492 e. The van der Waals surface area contributed by atoms with E-state index in [0.717, 1.165) is 11.3 Å². The minimum atomic E-state index is -0.870. The number of aliphatic carboxylic acids is 1. The summed E-state index contributed by atoms with van der Waals surface area (Å²) in [5, 5.41) is 9.14. The van der Waals surface area contributed by atoms with Crippen LogP contribution < -0.4 is 4.74 Å². The van der Waals surface area contributed by atoms with Crippen LogP contribution in [0, 0.1) is 11.8 Å². The van der Waals surface area contributed by atoms with Gasteiger partial charge in [0, 0.05) is 20.1 Å². The molecule has 0 aliphatic carbocycles. The van der Waals surface area contributed by atoms with Gasteiger partial charge in [0.2, 0.25) is 11.8 Å². The number of benzene rings is 1. The topological polar surface area (TPSA) is 87.2 Å². The number of rotatable bonds is 4. The first kappa shape index (κ1) is 18.2. The molecule has 2 aliphatic heterocycles. The molecule has 1 aromatic carbocycles. The van der Waals surface area contributed by atoms with Crippen LogP contribution >= 0.6 is 0 Å². The Morgan fingerprint density at radius 3 is 2.81 bits per heavy atom. The molecule has 2 unspecified atom stereocenters. The molecule has 0 bridgehead atoms. The molecule has 1 fully saturated rings. The molecule has 0 saturated carbocycles. The predicted octanol–water partition coefficient (Wildman–Crippen LogP) is 1.02. The lowest BCUT2D eigenvalue weighted by atomic mass is 9.95.